The van der Waals surface area contributed by atoms with Crippen LogP contribution >= 0.6 is 0 Å². The van der Waals surface area contributed by atoms with E-state index >= 15 is 0 Å². The fraction of sp³-hybridized carbons (Fsp3) is 0.722. The molecule has 2 aliphatic rings. The highest BCUT2D eigenvalue weighted by Crippen LogP contribution is 2.27. The minimum absolute atomic E-state index is 0.683. The molecule has 3 nitrogen and oxygen atoms in total. The van der Waals surface area contributed by atoms with Crippen LogP contribution in [-0.4, -0.2) is 23.6 Å². The topological polar surface area (TPSA) is 28.2 Å². The first-order chi connectivity index (χ1) is 10.3. The molecule has 1 aliphatic heterocycles. The van der Waals surface area contributed by atoms with Crippen molar-refractivity contribution in [3.05, 3.63) is 23.4 Å². The summed E-state index contributed by atoms with van der Waals surface area (Å²) < 4.78 is 0. The molecule has 3 heteroatoms. The third kappa shape index (κ3) is 3.76. The van der Waals surface area contributed by atoms with Crippen LogP contribution in [0.5, 0.6) is 0 Å². The van der Waals surface area contributed by atoms with E-state index in [4.69, 9.17) is 4.98 Å². The maximum absolute atomic E-state index is 4.91. The van der Waals surface area contributed by atoms with Gasteiger partial charge in [0.25, 0.3) is 0 Å². The highest BCUT2D eigenvalue weighted by molar-refractivity contribution is 5.44. The molecule has 116 valence electrons. The first-order valence-electron chi connectivity index (χ1n) is 8.80. The number of hydrogen-bond donors (Lipinski definition) is 1. The van der Waals surface area contributed by atoms with Gasteiger partial charge in [-0.25, -0.2) is 4.98 Å². The van der Waals surface area contributed by atoms with Crippen LogP contribution in [-0.2, 0) is 13.0 Å². The lowest BCUT2D eigenvalue weighted by molar-refractivity contribution is 0.446. The Bertz CT molecular complexity index is 468. The summed E-state index contributed by atoms with van der Waals surface area (Å²) in [4.78, 5) is 7.47. The van der Waals surface area contributed by atoms with E-state index in [2.05, 4.69) is 36.2 Å². The van der Waals surface area contributed by atoms with Gasteiger partial charge in [0, 0.05) is 30.9 Å². The zero-order valence-electron chi connectivity index (χ0n) is 13.6. The van der Waals surface area contributed by atoms with Gasteiger partial charge in [-0.15, -0.1) is 0 Å². The Morgan fingerprint density at radius 3 is 2.76 bits per heavy atom. The van der Waals surface area contributed by atoms with Gasteiger partial charge in [0.1, 0.15) is 5.82 Å². The Labute approximate surface area is 129 Å². The third-order valence-corrected chi connectivity index (χ3v) is 4.85. The van der Waals surface area contributed by atoms with Gasteiger partial charge in [0.15, 0.2) is 0 Å². The Balaban J connectivity index is 1.79. The number of hydrogen-bond acceptors (Lipinski definition) is 3. The summed E-state index contributed by atoms with van der Waals surface area (Å²) in [5.41, 5.74) is 2.64. The fourth-order valence-corrected chi connectivity index (χ4v) is 3.34. The summed E-state index contributed by atoms with van der Waals surface area (Å²) in [6.45, 7) is 6.69. The Kier molecular flexibility index (Phi) is 4.79. The number of rotatable bonds is 6. The van der Waals surface area contributed by atoms with Crippen LogP contribution in [0.3, 0.4) is 0 Å². The summed E-state index contributed by atoms with van der Waals surface area (Å²) in [7, 11) is 0. The molecule has 0 radical (unpaired) electrons. The molecule has 0 amide bonds. The second kappa shape index (κ2) is 6.78. The number of anilines is 1. The van der Waals surface area contributed by atoms with Crippen LogP contribution < -0.4 is 10.2 Å². The zero-order valence-corrected chi connectivity index (χ0v) is 13.6. The Hall–Kier alpha value is -1.09. The number of piperidine rings is 1. The molecule has 1 saturated carbocycles. The molecule has 1 N–H and O–H groups in total. The predicted octanol–water partition coefficient (Wildman–Crippen LogP) is 3.66. The Morgan fingerprint density at radius 1 is 1.19 bits per heavy atom. The molecule has 1 aromatic rings. The average Bonchev–Trinajstić information content (AvgIpc) is 3.37. The molecule has 0 spiro atoms. The van der Waals surface area contributed by atoms with Crippen molar-refractivity contribution >= 4 is 5.82 Å². The molecule has 1 atom stereocenters. The van der Waals surface area contributed by atoms with Gasteiger partial charge in [0.2, 0.25) is 0 Å². The highest BCUT2D eigenvalue weighted by Gasteiger charge is 2.23. The standard InChI is InChI=1S/C18H29N3/c1-3-15-11-14(13-19-16-8-9-16)12-18(20-15)21-10-6-5-7-17(21)4-2/h11-12,16-17,19H,3-10,13H2,1-2H3. The van der Waals surface area contributed by atoms with Crippen LogP contribution in [0.25, 0.3) is 0 Å². The number of pyridine rings is 1. The summed E-state index contributed by atoms with van der Waals surface area (Å²) in [5, 5.41) is 3.63. The van der Waals surface area contributed by atoms with Crippen molar-refractivity contribution in [2.24, 2.45) is 0 Å². The van der Waals surface area contributed by atoms with Gasteiger partial charge < -0.3 is 10.2 Å². The maximum Gasteiger partial charge on any atom is 0.129 e. The number of nitrogens with zero attached hydrogens (tertiary/aromatic N) is 2. The molecular formula is C18H29N3. The third-order valence-electron chi connectivity index (χ3n) is 4.85. The quantitative estimate of drug-likeness (QED) is 0.865. The monoisotopic (exact) mass is 287 g/mol. The fourth-order valence-electron chi connectivity index (χ4n) is 3.34. The van der Waals surface area contributed by atoms with Crippen molar-refractivity contribution in [3.8, 4) is 0 Å². The second-order valence-corrected chi connectivity index (χ2v) is 6.58. The highest BCUT2D eigenvalue weighted by atomic mass is 15.2. The van der Waals surface area contributed by atoms with Crippen molar-refractivity contribution < 1.29 is 0 Å². The second-order valence-electron chi connectivity index (χ2n) is 6.58. The van der Waals surface area contributed by atoms with E-state index in [-0.39, 0.29) is 0 Å². The average molecular weight is 287 g/mol. The number of aryl methyl sites for hydroxylation is 1. The van der Waals surface area contributed by atoms with E-state index in [1.807, 2.05) is 0 Å². The molecule has 1 aromatic heterocycles. The number of aromatic nitrogens is 1. The van der Waals surface area contributed by atoms with Gasteiger partial charge in [-0.1, -0.05) is 13.8 Å². The SMILES string of the molecule is CCc1cc(CNC2CC2)cc(N2CCCCC2CC)n1. The van der Waals surface area contributed by atoms with E-state index in [0.717, 1.165) is 19.0 Å². The van der Waals surface area contributed by atoms with Crippen LogP contribution in [0.1, 0.15) is 63.6 Å². The molecule has 1 unspecified atom stereocenters. The smallest absolute Gasteiger partial charge is 0.129 e. The minimum atomic E-state index is 0.683. The lowest BCUT2D eigenvalue weighted by Gasteiger charge is -2.36. The Morgan fingerprint density at radius 2 is 2.05 bits per heavy atom. The number of nitrogens with one attached hydrogen (secondary N) is 1. The van der Waals surface area contributed by atoms with Crippen LogP contribution in [0.4, 0.5) is 5.82 Å². The summed E-state index contributed by atoms with van der Waals surface area (Å²) in [6.07, 6.45) is 8.96. The van der Waals surface area contributed by atoms with Crippen LogP contribution in [0.15, 0.2) is 12.1 Å². The summed E-state index contributed by atoms with van der Waals surface area (Å²) in [5.74, 6) is 1.22. The molecule has 0 bridgehead atoms. The van der Waals surface area contributed by atoms with Crippen molar-refractivity contribution in [3.63, 3.8) is 0 Å². The van der Waals surface area contributed by atoms with Crippen molar-refractivity contribution in [1.82, 2.24) is 10.3 Å². The molecular weight excluding hydrogens is 258 g/mol. The van der Waals surface area contributed by atoms with E-state index in [9.17, 15) is 0 Å². The predicted molar refractivity (Wildman–Crippen MR) is 88.8 cm³/mol. The van der Waals surface area contributed by atoms with E-state index in [0.29, 0.717) is 6.04 Å². The van der Waals surface area contributed by atoms with E-state index < -0.39 is 0 Å². The lowest BCUT2D eigenvalue weighted by Crippen LogP contribution is -2.39. The normalized spacial score (nSPS) is 22.6. The van der Waals surface area contributed by atoms with Gasteiger partial charge in [-0.05, 0) is 62.6 Å². The zero-order chi connectivity index (χ0) is 14.7. The summed E-state index contributed by atoms with van der Waals surface area (Å²) in [6, 6.07) is 6.06. The maximum atomic E-state index is 4.91. The van der Waals surface area contributed by atoms with Gasteiger partial charge in [-0.3, -0.25) is 0 Å². The van der Waals surface area contributed by atoms with Crippen molar-refractivity contribution in [2.75, 3.05) is 11.4 Å². The lowest BCUT2D eigenvalue weighted by atomic mass is 10.00. The van der Waals surface area contributed by atoms with Gasteiger partial charge >= 0.3 is 0 Å². The van der Waals surface area contributed by atoms with Gasteiger partial charge in [-0.2, -0.15) is 0 Å². The van der Waals surface area contributed by atoms with Crippen LogP contribution in [0, 0.1) is 0 Å². The molecule has 21 heavy (non-hydrogen) atoms. The van der Waals surface area contributed by atoms with Crippen LogP contribution in [0.2, 0.25) is 0 Å². The molecule has 2 fully saturated rings. The van der Waals surface area contributed by atoms with Crippen molar-refractivity contribution in [1.29, 1.82) is 0 Å². The minimum Gasteiger partial charge on any atom is -0.354 e. The molecule has 3 rings (SSSR count). The molecule has 2 heterocycles. The van der Waals surface area contributed by atoms with Gasteiger partial charge in [0.05, 0.1) is 0 Å². The molecule has 1 saturated heterocycles. The first-order valence-corrected chi connectivity index (χ1v) is 8.80. The van der Waals surface area contributed by atoms with E-state index in [1.54, 1.807) is 0 Å². The largest absolute Gasteiger partial charge is 0.354 e. The van der Waals surface area contributed by atoms with E-state index in [1.165, 1.54) is 62.1 Å². The molecule has 0 aromatic carbocycles. The summed E-state index contributed by atoms with van der Waals surface area (Å²) >= 11 is 0. The first kappa shape index (κ1) is 14.8. The molecule has 1 aliphatic carbocycles. The van der Waals surface area contributed by atoms with Crippen molar-refractivity contribution in [2.45, 2.75) is 77.4 Å².